The quantitative estimate of drug-likeness (QED) is 0.691. The van der Waals surface area contributed by atoms with Gasteiger partial charge in [0, 0.05) is 12.5 Å². The molecule has 0 aromatic heterocycles. The number of amides is 1. The molecule has 76 valence electrons. The van der Waals surface area contributed by atoms with Gasteiger partial charge in [0.1, 0.15) is 0 Å². The summed E-state index contributed by atoms with van der Waals surface area (Å²) in [7, 11) is 0. The Morgan fingerprint density at radius 1 is 1.62 bits per heavy atom. The van der Waals surface area contributed by atoms with Gasteiger partial charge in [0.05, 0.1) is 5.60 Å². The van der Waals surface area contributed by atoms with E-state index in [1.807, 2.05) is 6.92 Å². The first-order valence-corrected chi connectivity index (χ1v) is 5.05. The SMILES string of the molecule is CCCCC(=O)NC1CC(C)(O)C1. The molecule has 1 fully saturated rings. The highest BCUT2D eigenvalue weighted by atomic mass is 16.3. The third kappa shape index (κ3) is 3.35. The van der Waals surface area contributed by atoms with Crippen LogP contribution in [0, 0.1) is 0 Å². The fourth-order valence-electron chi connectivity index (χ4n) is 1.74. The van der Waals surface area contributed by atoms with Gasteiger partial charge in [0.2, 0.25) is 5.91 Å². The summed E-state index contributed by atoms with van der Waals surface area (Å²) in [6, 6.07) is 0.208. The first-order chi connectivity index (χ1) is 6.03. The van der Waals surface area contributed by atoms with Gasteiger partial charge in [-0.2, -0.15) is 0 Å². The molecule has 0 aromatic rings. The van der Waals surface area contributed by atoms with Crippen LogP contribution in [0.2, 0.25) is 0 Å². The molecule has 0 heterocycles. The number of hydrogen-bond acceptors (Lipinski definition) is 2. The summed E-state index contributed by atoms with van der Waals surface area (Å²) in [5, 5.41) is 12.3. The normalized spacial score (nSPS) is 32.4. The van der Waals surface area contributed by atoms with Gasteiger partial charge in [-0.25, -0.2) is 0 Å². The van der Waals surface area contributed by atoms with Gasteiger partial charge in [-0.15, -0.1) is 0 Å². The largest absolute Gasteiger partial charge is 0.390 e. The molecule has 1 saturated carbocycles. The number of nitrogens with one attached hydrogen (secondary N) is 1. The molecule has 0 aromatic carbocycles. The maximum Gasteiger partial charge on any atom is 0.220 e. The Balaban J connectivity index is 2.10. The standard InChI is InChI=1S/C10H19NO2/c1-3-4-5-9(12)11-8-6-10(2,13)7-8/h8,13H,3-7H2,1-2H3,(H,11,12). The number of carbonyl (C=O) groups is 1. The molecular formula is C10H19NO2. The Morgan fingerprint density at radius 2 is 2.23 bits per heavy atom. The van der Waals surface area contributed by atoms with Crippen molar-refractivity contribution in [3.8, 4) is 0 Å². The first-order valence-electron chi connectivity index (χ1n) is 5.05. The molecule has 0 atom stereocenters. The molecule has 1 amide bonds. The Hall–Kier alpha value is -0.570. The molecule has 1 rings (SSSR count). The molecule has 2 N–H and O–H groups in total. The van der Waals surface area contributed by atoms with E-state index in [2.05, 4.69) is 12.2 Å². The third-order valence-electron chi connectivity index (χ3n) is 2.49. The minimum absolute atomic E-state index is 0.127. The molecule has 3 nitrogen and oxygen atoms in total. The summed E-state index contributed by atoms with van der Waals surface area (Å²) in [6.45, 7) is 3.88. The maximum atomic E-state index is 11.2. The molecule has 0 bridgehead atoms. The smallest absolute Gasteiger partial charge is 0.220 e. The molecular weight excluding hydrogens is 166 g/mol. The molecule has 3 heteroatoms. The van der Waals surface area contributed by atoms with E-state index in [1.54, 1.807) is 0 Å². The van der Waals surface area contributed by atoms with Crippen LogP contribution in [0.5, 0.6) is 0 Å². The van der Waals surface area contributed by atoms with Gasteiger partial charge in [-0.3, -0.25) is 4.79 Å². The fraction of sp³-hybridized carbons (Fsp3) is 0.900. The van der Waals surface area contributed by atoms with Crippen molar-refractivity contribution in [3.63, 3.8) is 0 Å². The second-order valence-electron chi connectivity index (χ2n) is 4.27. The molecule has 13 heavy (non-hydrogen) atoms. The summed E-state index contributed by atoms with van der Waals surface area (Å²) in [6.07, 6.45) is 4.02. The number of aliphatic hydroxyl groups is 1. The number of hydrogen-bond donors (Lipinski definition) is 2. The number of rotatable bonds is 4. The average Bonchev–Trinajstić information content (AvgIpc) is 1.97. The molecule has 0 unspecified atom stereocenters. The van der Waals surface area contributed by atoms with E-state index in [9.17, 15) is 9.90 Å². The zero-order valence-corrected chi connectivity index (χ0v) is 8.47. The van der Waals surface area contributed by atoms with E-state index in [0.717, 1.165) is 12.8 Å². The van der Waals surface area contributed by atoms with Crippen LogP contribution < -0.4 is 5.32 Å². The molecule has 1 aliphatic rings. The van der Waals surface area contributed by atoms with E-state index in [1.165, 1.54) is 0 Å². The van der Waals surface area contributed by atoms with Crippen LogP contribution in [-0.2, 0) is 4.79 Å². The summed E-state index contributed by atoms with van der Waals surface area (Å²) in [5.74, 6) is 0.127. The van der Waals surface area contributed by atoms with Crippen molar-refractivity contribution in [1.29, 1.82) is 0 Å². The number of unbranched alkanes of at least 4 members (excludes halogenated alkanes) is 1. The van der Waals surface area contributed by atoms with Crippen LogP contribution in [-0.4, -0.2) is 22.7 Å². The Bertz CT molecular complexity index is 181. The lowest BCUT2D eigenvalue weighted by Crippen LogP contribution is -2.53. The molecule has 0 saturated heterocycles. The van der Waals surface area contributed by atoms with Crippen molar-refractivity contribution < 1.29 is 9.90 Å². The van der Waals surface area contributed by atoms with Crippen LogP contribution in [0.15, 0.2) is 0 Å². The molecule has 0 aliphatic heterocycles. The average molecular weight is 185 g/mol. The van der Waals surface area contributed by atoms with Gasteiger partial charge in [0.25, 0.3) is 0 Å². The van der Waals surface area contributed by atoms with Crippen LogP contribution >= 0.6 is 0 Å². The first kappa shape index (κ1) is 10.5. The molecule has 0 radical (unpaired) electrons. The number of carbonyl (C=O) groups excluding carboxylic acids is 1. The van der Waals surface area contributed by atoms with E-state index in [0.29, 0.717) is 19.3 Å². The highest BCUT2D eigenvalue weighted by Gasteiger charge is 2.38. The van der Waals surface area contributed by atoms with Crippen LogP contribution in [0.25, 0.3) is 0 Å². The van der Waals surface area contributed by atoms with Crippen LogP contribution in [0.4, 0.5) is 0 Å². The van der Waals surface area contributed by atoms with E-state index < -0.39 is 5.60 Å². The minimum Gasteiger partial charge on any atom is -0.390 e. The second kappa shape index (κ2) is 4.09. The zero-order valence-electron chi connectivity index (χ0n) is 8.47. The van der Waals surface area contributed by atoms with Gasteiger partial charge in [-0.05, 0) is 26.2 Å². The van der Waals surface area contributed by atoms with Crippen molar-refractivity contribution in [3.05, 3.63) is 0 Å². The predicted octanol–water partition coefficient (Wildman–Crippen LogP) is 1.21. The lowest BCUT2D eigenvalue weighted by Gasteiger charge is -2.41. The Kier molecular flexibility index (Phi) is 3.31. The van der Waals surface area contributed by atoms with Gasteiger partial charge in [-0.1, -0.05) is 13.3 Å². The molecule has 0 spiro atoms. The summed E-state index contributed by atoms with van der Waals surface area (Å²) < 4.78 is 0. The zero-order chi connectivity index (χ0) is 9.90. The predicted molar refractivity (Wildman–Crippen MR) is 51.3 cm³/mol. The third-order valence-corrected chi connectivity index (χ3v) is 2.49. The highest BCUT2D eigenvalue weighted by Crippen LogP contribution is 2.31. The van der Waals surface area contributed by atoms with Crippen LogP contribution in [0.3, 0.4) is 0 Å². The topological polar surface area (TPSA) is 49.3 Å². The van der Waals surface area contributed by atoms with Gasteiger partial charge < -0.3 is 10.4 Å². The van der Waals surface area contributed by atoms with Crippen molar-refractivity contribution in [2.45, 2.75) is 57.6 Å². The fourth-order valence-corrected chi connectivity index (χ4v) is 1.74. The second-order valence-corrected chi connectivity index (χ2v) is 4.27. The van der Waals surface area contributed by atoms with Crippen molar-refractivity contribution >= 4 is 5.91 Å². The monoisotopic (exact) mass is 185 g/mol. The summed E-state index contributed by atoms with van der Waals surface area (Å²) in [4.78, 5) is 11.2. The highest BCUT2D eigenvalue weighted by molar-refractivity contribution is 5.76. The Morgan fingerprint density at radius 3 is 2.69 bits per heavy atom. The molecule has 1 aliphatic carbocycles. The minimum atomic E-state index is -0.539. The summed E-state index contributed by atoms with van der Waals surface area (Å²) in [5.41, 5.74) is -0.539. The van der Waals surface area contributed by atoms with Crippen molar-refractivity contribution in [2.24, 2.45) is 0 Å². The van der Waals surface area contributed by atoms with Gasteiger partial charge >= 0.3 is 0 Å². The summed E-state index contributed by atoms with van der Waals surface area (Å²) >= 11 is 0. The van der Waals surface area contributed by atoms with E-state index in [4.69, 9.17) is 0 Å². The van der Waals surface area contributed by atoms with E-state index >= 15 is 0 Å². The van der Waals surface area contributed by atoms with Gasteiger partial charge in [0.15, 0.2) is 0 Å². The Labute approximate surface area is 79.5 Å². The maximum absolute atomic E-state index is 11.2. The van der Waals surface area contributed by atoms with Crippen molar-refractivity contribution in [2.75, 3.05) is 0 Å². The van der Waals surface area contributed by atoms with Crippen molar-refractivity contribution in [1.82, 2.24) is 5.32 Å². The lowest BCUT2D eigenvalue weighted by molar-refractivity contribution is -0.125. The van der Waals surface area contributed by atoms with E-state index in [-0.39, 0.29) is 11.9 Å². The van der Waals surface area contributed by atoms with Crippen LogP contribution in [0.1, 0.15) is 46.0 Å². The lowest BCUT2D eigenvalue weighted by atomic mass is 9.77.